The minimum atomic E-state index is -0.452. The van der Waals surface area contributed by atoms with Gasteiger partial charge in [-0.2, -0.15) is 0 Å². The van der Waals surface area contributed by atoms with Crippen molar-refractivity contribution in [2.45, 2.75) is 18.6 Å². The third kappa shape index (κ3) is 2.66. The zero-order valence-corrected chi connectivity index (χ0v) is 17.3. The Morgan fingerprint density at radius 3 is 2.38 bits per heavy atom. The van der Waals surface area contributed by atoms with Crippen LogP contribution in [0.4, 0.5) is 5.69 Å². The molecule has 3 aromatic rings. The zero-order valence-electron chi connectivity index (χ0n) is 17.3. The molecule has 32 heavy (non-hydrogen) atoms. The molecule has 1 spiro atoms. The molecule has 6 nitrogen and oxygen atoms in total. The van der Waals surface area contributed by atoms with Crippen molar-refractivity contribution in [1.29, 1.82) is 0 Å². The Balaban J connectivity index is 1.27. The van der Waals surface area contributed by atoms with Gasteiger partial charge in [0.1, 0.15) is 5.60 Å². The normalized spacial score (nSPS) is 21.4. The number of hydrogen-bond donors (Lipinski definition) is 0. The molecule has 3 amide bonds. The highest BCUT2D eigenvalue weighted by Gasteiger charge is 2.47. The van der Waals surface area contributed by atoms with Gasteiger partial charge in [-0.25, -0.2) is 4.90 Å². The molecule has 3 aromatic carbocycles. The van der Waals surface area contributed by atoms with Gasteiger partial charge in [0.25, 0.3) is 17.7 Å². The van der Waals surface area contributed by atoms with E-state index >= 15 is 0 Å². The number of likely N-dealkylation sites (tertiary alicyclic amines) is 1. The Hall–Kier alpha value is -3.77. The lowest BCUT2D eigenvalue weighted by Gasteiger charge is -2.25. The standard InChI is InChI=1S/C26H20N2O4/c29-23(27-13-12-26(16-27)22-11-4-1-6-18(22)15-32-26)17-7-5-8-19(14-17)28-24(30)20-9-2-3-10-21(20)25(28)31/h1-11,14H,12-13,15-16H2. The van der Waals surface area contributed by atoms with Crippen LogP contribution in [0.2, 0.25) is 0 Å². The van der Waals surface area contributed by atoms with Crippen LogP contribution in [0.1, 0.15) is 48.6 Å². The van der Waals surface area contributed by atoms with Gasteiger partial charge in [-0.1, -0.05) is 42.5 Å². The second-order valence-electron chi connectivity index (χ2n) is 8.46. The third-order valence-electron chi connectivity index (χ3n) is 6.68. The van der Waals surface area contributed by atoms with Crippen molar-refractivity contribution in [2.75, 3.05) is 18.0 Å². The molecule has 3 aliphatic rings. The molecule has 6 rings (SSSR count). The van der Waals surface area contributed by atoms with Crippen molar-refractivity contribution in [3.63, 3.8) is 0 Å². The summed E-state index contributed by atoms with van der Waals surface area (Å²) in [5.74, 6) is -0.870. The molecule has 0 saturated carbocycles. The first kappa shape index (κ1) is 19.0. The average Bonchev–Trinajstić information content (AvgIpc) is 3.50. The molecular formula is C26H20N2O4. The van der Waals surface area contributed by atoms with E-state index in [4.69, 9.17) is 4.74 Å². The van der Waals surface area contributed by atoms with Gasteiger partial charge in [-0.05, 0) is 47.9 Å². The first-order valence-corrected chi connectivity index (χ1v) is 10.7. The van der Waals surface area contributed by atoms with Crippen LogP contribution in [-0.4, -0.2) is 35.7 Å². The lowest BCUT2D eigenvalue weighted by Crippen LogP contribution is -2.34. The maximum absolute atomic E-state index is 13.3. The van der Waals surface area contributed by atoms with Gasteiger partial charge in [0.05, 0.1) is 30.0 Å². The molecule has 0 N–H and O–H groups in total. The van der Waals surface area contributed by atoms with Gasteiger partial charge >= 0.3 is 0 Å². The summed E-state index contributed by atoms with van der Waals surface area (Å²) in [6.45, 7) is 1.64. The summed E-state index contributed by atoms with van der Waals surface area (Å²) in [4.78, 5) is 41.9. The number of rotatable bonds is 2. The number of ether oxygens (including phenoxy) is 1. The second-order valence-corrected chi connectivity index (χ2v) is 8.46. The summed E-state index contributed by atoms with van der Waals surface area (Å²) in [7, 11) is 0. The fourth-order valence-electron chi connectivity index (χ4n) is 5.06. The molecule has 0 radical (unpaired) electrons. The van der Waals surface area contributed by atoms with E-state index < -0.39 is 5.60 Å². The Morgan fingerprint density at radius 2 is 1.59 bits per heavy atom. The van der Waals surface area contributed by atoms with E-state index in [-0.39, 0.29) is 17.7 Å². The Kier molecular flexibility index (Phi) is 4.07. The number of benzene rings is 3. The van der Waals surface area contributed by atoms with E-state index in [0.29, 0.717) is 42.1 Å². The lowest BCUT2D eigenvalue weighted by atomic mass is 9.92. The monoisotopic (exact) mass is 424 g/mol. The minimum Gasteiger partial charge on any atom is -0.364 e. The maximum Gasteiger partial charge on any atom is 0.266 e. The quantitative estimate of drug-likeness (QED) is 0.588. The SMILES string of the molecule is O=C(c1cccc(N2C(=O)c3ccccc3C2=O)c1)N1CCC2(C1)OCc1ccccc12. The van der Waals surface area contributed by atoms with E-state index in [9.17, 15) is 14.4 Å². The van der Waals surface area contributed by atoms with Crippen molar-refractivity contribution in [1.82, 2.24) is 4.90 Å². The van der Waals surface area contributed by atoms with Crippen molar-refractivity contribution < 1.29 is 19.1 Å². The number of fused-ring (bicyclic) bond motifs is 3. The number of amides is 3. The van der Waals surface area contributed by atoms with Gasteiger partial charge in [-0.15, -0.1) is 0 Å². The Labute approximate surface area is 185 Å². The van der Waals surface area contributed by atoms with Gasteiger partial charge < -0.3 is 9.64 Å². The highest BCUT2D eigenvalue weighted by Crippen LogP contribution is 2.43. The molecule has 6 heteroatoms. The summed E-state index contributed by atoms with van der Waals surface area (Å²) in [6.07, 6.45) is 0.744. The van der Waals surface area contributed by atoms with Crippen LogP contribution in [0, 0.1) is 0 Å². The van der Waals surface area contributed by atoms with Crippen LogP contribution >= 0.6 is 0 Å². The average molecular weight is 424 g/mol. The van der Waals surface area contributed by atoms with E-state index in [2.05, 4.69) is 12.1 Å². The van der Waals surface area contributed by atoms with Crippen LogP contribution in [0.15, 0.2) is 72.8 Å². The van der Waals surface area contributed by atoms with Crippen molar-refractivity contribution in [3.05, 3.63) is 101 Å². The molecule has 1 fully saturated rings. The first-order chi connectivity index (χ1) is 15.6. The highest BCUT2D eigenvalue weighted by atomic mass is 16.5. The van der Waals surface area contributed by atoms with Gasteiger partial charge in [0, 0.05) is 12.1 Å². The van der Waals surface area contributed by atoms with Gasteiger partial charge in [0.2, 0.25) is 0 Å². The number of carbonyl (C=O) groups excluding carboxylic acids is 3. The van der Waals surface area contributed by atoms with Gasteiger partial charge in [0.15, 0.2) is 0 Å². The summed E-state index contributed by atoms with van der Waals surface area (Å²) >= 11 is 0. The molecule has 0 aromatic heterocycles. The van der Waals surface area contributed by atoms with E-state index in [0.717, 1.165) is 16.9 Å². The predicted octanol–water partition coefficient (Wildman–Crippen LogP) is 3.76. The molecule has 1 unspecified atom stereocenters. The lowest BCUT2D eigenvalue weighted by molar-refractivity contribution is -0.0282. The number of carbonyl (C=O) groups is 3. The van der Waals surface area contributed by atoms with Crippen LogP contribution < -0.4 is 4.90 Å². The molecule has 0 aliphatic carbocycles. The summed E-state index contributed by atoms with van der Waals surface area (Å²) in [6, 6.07) is 21.7. The van der Waals surface area contributed by atoms with Crippen LogP contribution in [0.3, 0.4) is 0 Å². The Morgan fingerprint density at radius 1 is 0.875 bits per heavy atom. The van der Waals surface area contributed by atoms with Crippen LogP contribution in [0.5, 0.6) is 0 Å². The van der Waals surface area contributed by atoms with E-state index in [1.165, 1.54) is 5.56 Å². The molecule has 158 valence electrons. The molecule has 3 heterocycles. The number of imide groups is 1. The highest BCUT2D eigenvalue weighted by molar-refractivity contribution is 6.34. The van der Waals surface area contributed by atoms with Crippen molar-refractivity contribution in [3.8, 4) is 0 Å². The summed E-state index contributed by atoms with van der Waals surface area (Å²) in [5.41, 5.74) is 3.50. The minimum absolute atomic E-state index is 0.131. The van der Waals surface area contributed by atoms with Crippen molar-refractivity contribution >= 4 is 23.4 Å². The largest absolute Gasteiger partial charge is 0.364 e. The van der Waals surface area contributed by atoms with Crippen LogP contribution in [-0.2, 0) is 16.9 Å². The number of anilines is 1. The third-order valence-corrected chi connectivity index (χ3v) is 6.68. The molecule has 0 bridgehead atoms. The fourth-order valence-corrected chi connectivity index (χ4v) is 5.06. The topological polar surface area (TPSA) is 66.9 Å². The van der Waals surface area contributed by atoms with Gasteiger partial charge in [-0.3, -0.25) is 14.4 Å². The van der Waals surface area contributed by atoms with Crippen molar-refractivity contribution in [2.24, 2.45) is 0 Å². The molecule has 1 atom stereocenters. The predicted molar refractivity (Wildman–Crippen MR) is 117 cm³/mol. The maximum atomic E-state index is 13.3. The zero-order chi connectivity index (χ0) is 21.9. The fraction of sp³-hybridized carbons (Fsp3) is 0.192. The number of hydrogen-bond acceptors (Lipinski definition) is 4. The smallest absolute Gasteiger partial charge is 0.266 e. The van der Waals surface area contributed by atoms with E-state index in [1.54, 1.807) is 53.4 Å². The summed E-state index contributed by atoms with van der Waals surface area (Å²) < 4.78 is 6.17. The Bertz CT molecular complexity index is 1270. The molecule has 1 saturated heterocycles. The second kappa shape index (κ2) is 6.87. The van der Waals surface area contributed by atoms with Crippen LogP contribution in [0.25, 0.3) is 0 Å². The summed E-state index contributed by atoms with van der Waals surface area (Å²) in [5, 5.41) is 0. The molecule has 3 aliphatic heterocycles. The number of nitrogens with zero attached hydrogens (tertiary/aromatic N) is 2. The molecular weight excluding hydrogens is 404 g/mol. The van der Waals surface area contributed by atoms with E-state index in [1.807, 2.05) is 12.1 Å². The first-order valence-electron chi connectivity index (χ1n) is 10.7.